The molecule has 0 saturated carbocycles. The van der Waals surface area contributed by atoms with Crippen LogP contribution in [0.25, 0.3) is 16.8 Å². The fourth-order valence-electron chi connectivity index (χ4n) is 2.40. The SMILES string of the molecule is Cc1cc(-c2ccc(C(C)N(C)C)cc2)c2nncn2n1. The number of hydrogen-bond donors (Lipinski definition) is 0. The van der Waals surface area contributed by atoms with Crippen molar-refractivity contribution in [2.45, 2.75) is 19.9 Å². The number of hydrogen-bond acceptors (Lipinski definition) is 4. The van der Waals surface area contributed by atoms with Gasteiger partial charge in [0.1, 0.15) is 6.33 Å². The molecule has 2 aromatic heterocycles. The molecule has 5 nitrogen and oxygen atoms in total. The van der Waals surface area contributed by atoms with Crippen LogP contribution >= 0.6 is 0 Å². The summed E-state index contributed by atoms with van der Waals surface area (Å²) in [6, 6.07) is 11.1. The molecule has 1 unspecified atom stereocenters. The molecular weight excluding hydrogens is 262 g/mol. The van der Waals surface area contributed by atoms with Crippen molar-refractivity contribution < 1.29 is 0 Å². The van der Waals surface area contributed by atoms with E-state index in [1.807, 2.05) is 13.0 Å². The minimum atomic E-state index is 0.395. The molecule has 0 saturated heterocycles. The van der Waals surface area contributed by atoms with Crippen LogP contribution in [0, 0.1) is 6.92 Å². The van der Waals surface area contributed by atoms with E-state index in [1.165, 1.54) is 5.56 Å². The van der Waals surface area contributed by atoms with E-state index in [0.717, 1.165) is 22.5 Å². The van der Waals surface area contributed by atoms with E-state index >= 15 is 0 Å². The third-order valence-corrected chi connectivity index (χ3v) is 3.87. The summed E-state index contributed by atoms with van der Waals surface area (Å²) in [7, 11) is 4.18. The summed E-state index contributed by atoms with van der Waals surface area (Å²) in [5, 5.41) is 12.5. The Balaban J connectivity index is 2.05. The average molecular weight is 281 g/mol. The fourth-order valence-corrected chi connectivity index (χ4v) is 2.40. The maximum absolute atomic E-state index is 4.38. The topological polar surface area (TPSA) is 46.3 Å². The maximum atomic E-state index is 4.38. The van der Waals surface area contributed by atoms with Crippen molar-refractivity contribution in [1.82, 2.24) is 24.7 Å². The number of rotatable bonds is 3. The summed E-state index contributed by atoms with van der Waals surface area (Å²) in [5.41, 5.74) is 5.22. The molecule has 108 valence electrons. The van der Waals surface area contributed by atoms with Gasteiger partial charge in [0.05, 0.1) is 5.69 Å². The molecule has 0 amide bonds. The quantitative estimate of drug-likeness (QED) is 0.740. The van der Waals surface area contributed by atoms with Crippen molar-refractivity contribution in [2.24, 2.45) is 0 Å². The molecule has 0 bridgehead atoms. The number of aryl methyl sites for hydroxylation is 1. The lowest BCUT2D eigenvalue weighted by molar-refractivity contribution is 0.321. The van der Waals surface area contributed by atoms with Gasteiger partial charge in [0.2, 0.25) is 0 Å². The van der Waals surface area contributed by atoms with Gasteiger partial charge in [0.25, 0.3) is 0 Å². The zero-order chi connectivity index (χ0) is 15.0. The first-order valence-electron chi connectivity index (χ1n) is 7.00. The molecule has 0 N–H and O–H groups in total. The molecule has 0 radical (unpaired) electrons. The van der Waals surface area contributed by atoms with Crippen LogP contribution in [0.4, 0.5) is 0 Å². The van der Waals surface area contributed by atoms with Gasteiger partial charge in [-0.1, -0.05) is 24.3 Å². The lowest BCUT2D eigenvalue weighted by Gasteiger charge is -2.20. The van der Waals surface area contributed by atoms with Crippen LogP contribution < -0.4 is 0 Å². The highest BCUT2D eigenvalue weighted by atomic mass is 15.3. The highest BCUT2D eigenvalue weighted by molar-refractivity contribution is 5.77. The number of aromatic nitrogens is 4. The van der Waals surface area contributed by atoms with Crippen LogP contribution in [0.2, 0.25) is 0 Å². The van der Waals surface area contributed by atoms with Gasteiger partial charge in [0.15, 0.2) is 5.65 Å². The molecule has 5 heteroatoms. The summed E-state index contributed by atoms with van der Waals surface area (Å²) >= 11 is 0. The Kier molecular flexibility index (Phi) is 3.43. The van der Waals surface area contributed by atoms with Gasteiger partial charge in [-0.15, -0.1) is 10.2 Å². The maximum Gasteiger partial charge on any atom is 0.185 e. The van der Waals surface area contributed by atoms with Gasteiger partial charge in [-0.3, -0.25) is 0 Å². The fraction of sp³-hybridized carbons (Fsp3) is 0.312. The van der Waals surface area contributed by atoms with E-state index < -0.39 is 0 Å². The molecule has 0 aliphatic rings. The number of fused-ring (bicyclic) bond motifs is 1. The van der Waals surface area contributed by atoms with Crippen molar-refractivity contribution in [3.05, 3.63) is 47.9 Å². The monoisotopic (exact) mass is 281 g/mol. The first-order valence-corrected chi connectivity index (χ1v) is 7.00. The minimum absolute atomic E-state index is 0.395. The molecule has 21 heavy (non-hydrogen) atoms. The second kappa shape index (κ2) is 5.26. The van der Waals surface area contributed by atoms with Gasteiger partial charge >= 0.3 is 0 Å². The smallest absolute Gasteiger partial charge is 0.185 e. The predicted octanol–water partition coefficient (Wildman–Crippen LogP) is 2.72. The molecule has 0 aliphatic carbocycles. The van der Waals surface area contributed by atoms with Gasteiger partial charge in [0, 0.05) is 11.6 Å². The molecule has 1 aromatic carbocycles. The molecular formula is C16H19N5. The molecule has 3 aromatic rings. The van der Waals surface area contributed by atoms with E-state index in [0.29, 0.717) is 6.04 Å². The first kappa shape index (κ1) is 13.7. The van der Waals surface area contributed by atoms with Gasteiger partial charge < -0.3 is 4.90 Å². The third-order valence-electron chi connectivity index (χ3n) is 3.87. The number of nitrogens with zero attached hydrogens (tertiary/aromatic N) is 5. The van der Waals surface area contributed by atoms with Gasteiger partial charge in [-0.05, 0) is 45.1 Å². The van der Waals surface area contributed by atoms with Crippen molar-refractivity contribution in [3.63, 3.8) is 0 Å². The van der Waals surface area contributed by atoms with E-state index in [9.17, 15) is 0 Å². The Hall–Kier alpha value is -2.27. The zero-order valence-electron chi connectivity index (χ0n) is 12.8. The highest BCUT2D eigenvalue weighted by Gasteiger charge is 2.11. The second-order valence-corrected chi connectivity index (χ2v) is 5.56. The van der Waals surface area contributed by atoms with Crippen LogP contribution in [-0.4, -0.2) is 38.8 Å². The van der Waals surface area contributed by atoms with Gasteiger partial charge in [-0.25, -0.2) is 0 Å². The lowest BCUT2D eigenvalue weighted by Crippen LogP contribution is -2.16. The summed E-state index contributed by atoms with van der Waals surface area (Å²) in [6.45, 7) is 4.17. The Labute approximate surface area is 124 Å². The van der Waals surface area contributed by atoms with Crippen molar-refractivity contribution in [3.8, 4) is 11.1 Å². The molecule has 1 atom stereocenters. The molecule has 0 aliphatic heterocycles. The predicted molar refractivity (Wildman–Crippen MR) is 83.1 cm³/mol. The molecule has 0 spiro atoms. The zero-order valence-corrected chi connectivity index (χ0v) is 12.8. The minimum Gasteiger partial charge on any atom is -0.303 e. The normalized spacial score (nSPS) is 13.0. The van der Waals surface area contributed by atoms with Crippen LogP contribution in [0.5, 0.6) is 0 Å². The Bertz CT molecular complexity index is 758. The third kappa shape index (κ3) is 2.52. The van der Waals surface area contributed by atoms with Gasteiger partial charge in [-0.2, -0.15) is 9.61 Å². The number of benzene rings is 1. The van der Waals surface area contributed by atoms with Crippen molar-refractivity contribution in [1.29, 1.82) is 0 Å². The second-order valence-electron chi connectivity index (χ2n) is 5.56. The van der Waals surface area contributed by atoms with E-state index in [2.05, 4.69) is 65.5 Å². The lowest BCUT2D eigenvalue weighted by atomic mass is 10.0. The molecule has 0 fully saturated rings. The molecule has 2 heterocycles. The van der Waals surface area contributed by atoms with E-state index in [-0.39, 0.29) is 0 Å². The summed E-state index contributed by atoms with van der Waals surface area (Å²) in [4.78, 5) is 2.20. The van der Waals surface area contributed by atoms with Crippen LogP contribution in [0.15, 0.2) is 36.7 Å². The molecule has 3 rings (SSSR count). The van der Waals surface area contributed by atoms with Crippen LogP contribution in [-0.2, 0) is 0 Å². The van der Waals surface area contributed by atoms with Crippen molar-refractivity contribution in [2.75, 3.05) is 14.1 Å². The van der Waals surface area contributed by atoms with Crippen LogP contribution in [0.1, 0.15) is 24.2 Å². The highest BCUT2D eigenvalue weighted by Crippen LogP contribution is 2.26. The largest absolute Gasteiger partial charge is 0.303 e. The van der Waals surface area contributed by atoms with Crippen LogP contribution in [0.3, 0.4) is 0 Å². The summed E-state index contributed by atoms with van der Waals surface area (Å²) < 4.78 is 1.72. The average Bonchev–Trinajstić information content (AvgIpc) is 2.93. The standard InChI is InChI=1S/C16H19N5/c1-11-9-15(16-18-17-10-21(16)19-11)14-7-5-13(6-8-14)12(2)20(3)4/h5-10,12H,1-4H3. The summed E-state index contributed by atoms with van der Waals surface area (Å²) in [5.74, 6) is 0. The van der Waals surface area contributed by atoms with E-state index in [4.69, 9.17) is 0 Å². The first-order chi connectivity index (χ1) is 10.1. The van der Waals surface area contributed by atoms with Crippen molar-refractivity contribution >= 4 is 5.65 Å². The Morgan fingerprint density at radius 3 is 2.52 bits per heavy atom. The van der Waals surface area contributed by atoms with E-state index in [1.54, 1.807) is 10.8 Å². The summed E-state index contributed by atoms with van der Waals surface area (Å²) in [6.07, 6.45) is 1.63. The Morgan fingerprint density at radius 1 is 1.14 bits per heavy atom. The Morgan fingerprint density at radius 2 is 1.86 bits per heavy atom.